The molecular weight excluding hydrogens is 751 g/mol. The van der Waals surface area contributed by atoms with E-state index in [2.05, 4.69) is 53.5 Å². The van der Waals surface area contributed by atoms with E-state index in [1.54, 1.807) is 0 Å². The summed E-state index contributed by atoms with van der Waals surface area (Å²) in [5.41, 5.74) is 8.49. The zero-order valence-electron chi connectivity index (χ0n) is 32.2. The highest BCUT2D eigenvalue weighted by Crippen LogP contribution is 2.48. The van der Waals surface area contributed by atoms with E-state index < -0.39 is 0 Å². The van der Waals surface area contributed by atoms with Crippen LogP contribution < -0.4 is 16.0 Å². The van der Waals surface area contributed by atoms with E-state index >= 15 is 0 Å². The van der Waals surface area contributed by atoms with Crippen LogP contribution in [0.1, 0.15) is 131 Å². The molecular formula is C40H45N9O3S3. The van der Waals surface area contributed by atoms with Crippen molar-refractivity contribution in [3.8, 4) is 0 Å². The van der Waals surface area contributed by atoms with E-state index in [1.165, 1.54) is 63.4 Å². The summed E-state index contributed by atoms with van der Waals surface area (Å²) in [5.74, 6) is 0.697. The van der Waals surface area contributed by atoms with E-state index in [-0.39, 0.29) is 17.7 Å². The van der Waals surface area contributed by atoms with Crippen LogP contribution in [0.2, 0.25) is 0 Å². The lowest BCUT2D eigenvalue weighted by Gasteiger charge is -2.06. The Morgan fingerprint density at radius 1 is 0.509 bits per heavy atom. The van der Waals surface area contributed by atoms with Gasteiger partial charge in [-0.25, -0.2) is 0 Å². The van der Waals surface area contributed by atoms with Crippen LogP contribution in [0.15, 0.2) is 6.07 Å². The summed E-state index contributed by atoms with van der Waals surface area (Å²) in [5, 5.41) is 37.5. The van der Waals surface area contributed by atoms with Crippen molar-refractivity contribution in [2.24, 2.45) is 0 Å². The van der Waals surface area contributed by atoms with Gasteiger partial charge >= 0.3 is 0 Å². The second kappa shape index (κ2) is 14.9. The molecule has 0 radical (unpaired) electrons. The van der Waals surface area contributed by atoms with Crippen molar-refractivity contribution >= 4 is 82.4 Å². The Balaban J connectivity index is 0.000000117. The average Bonchev–Trinajstić information content (AvgIpc) is 3.95. The number of thiophene rings is 3. The Bertz CT molecular complexity index is 2510. The maximum Gasteiger partial charge on any atom is 0.261 e. The zero-order chi connectivity index (χ0) is 38.7. The van der Waals surface area contributed by atoms with Crippen LogP contribution in [0.5, 0.6) is 0 Å². The summed E-state index contributed by atoms with van der Waals surface area (Å²) in [7, 11) is 0. The Hall–Kier alpha value is -4.47. The lowest BCUT2D eigenvalue weighted by atomic mass is 10.0. The number of amides is 3. The molecule has 3 amide bonds. The summed E-state index contributed by atoms with van der Waals surface area (Å²) >= 11 is 4.36. The topological polar surface area (TPSA) is 165 Å². The van der Waals surface area contributed by atoms with Crippen LogP contribution in [-0.2, 0) is 0 Å². The second-order valence-electron chi connectivity index (χ2n) is 15.3. The van der Waals surface area contributed by atoms with Gasteiger partial charge in [0.15, 0.2) is 0 Å². The highest BCUT2D eigenvalue weighted by atomic mass is 32.1. The lowest BCUT2D eigenvalue weighted by Crippen LogP contribution is -2.25. The third kappa shape index (κ3) is 7.96. The fourth-order valence-corrected chi connectivity index (χ4v) is 9.64. The molecule has 10 rings (SSSR count). The highest BCUT2D eigenvalue weighted by Gasteiger charge is 2.35. The van der Waals surface area contributed by atoms with Gasteiger partial charge in [-0.05, 0) is 140 Å². The number of nitrogens with zero attached hydrogens (tertiary/aromatic N) is 6. The summed E-state index contributed by atoms with van der Waals surface area (Å²) < 4.78 is 0. The molecule has 15 heteroatoms. The van der Waals surface area contributed by atoms with Crippen molar-refractivity contribution in [1.82, 2.24) is 46.5 Å². The zero-order valence-corrected chi connectivity index (χ0v) is 34.6. The quantitative estimate of drug-likeness (QED) is 0.146. The van der Waals surface area contributed by atoms with Crippen molar-refractivity contribution < 1.29 is 14.4 Å². The first-order chi connectivity index (χ1) is 26.4. The van der Waals surface area contributed by atoms with Crippen molar-refractivity contribution in [2.45, 2.75) is 124 Å². The molecule has 4 saturated carbocycles. The van der Waals surface area contributed by atoms with Gasteiger partial charge in [-0.1, -0.05) is 0 Å². The molecule has 0 aliphatic heterocycles. The van der Waals surface area contributed by atoms with E-state index in [0.717, 1.165) is 112 Å². The number of carbonyl (C=O) groups excluding carboxylic acids is 3. The number of aromatic nitrogens is 6. The Kier molecular flexibility index (Phi) is 10.1. The van der Waals surface area contributed by atoms with Crippen molar-refractivity contribution in [1.29, 1.82) is 0 Å². The van der Waals surface area contributed by atoms with Crippen LogP contribution in [0.3, 0.4) is 0 Å². The van der Waals surface area contributed by atoms with Gasteiger partial charge in [0.25, 0.3) is 17.7 Å². The predicted molar refractivity (Wildman–Crippen MR) is 219 cm³/mol. The third-order valence-corrected chi connectivity index (χ3v) is 14.1. The molecule has 55 heavy (non-hydrogen) atoms. The summed E-state index contributed by atoms with van der Waals surface area (Å²) in [6.45, 7) is 14.0. The van der Waals surface area contributed by atoms with E-state index in [9.17, 15) is 14.4 Å². The molecule has 4 fully saturated rings. The van der Waals surface area contributed by atoms with Gasteiger partial charge in [0, 0.05) is 34.3 Å². The maximum absolute atomic E-state index is 12.5. The first-order valence-corrected chi connectivity index (χ1v) is 21.5. The van der Waals surface area contributed by atoms with Crippen LogP contribution in [-0.4, -0.2) is 66.4 Å². The third-order valence-electron chi connectivity index (χ3n) is 10.8. The molecule has 0 atom stereocenters. The van der Waals surface area contributed by atoms with Gasteiger partial charge in [0.2, 0.25) is 0 Å². The van der Waals surface area contributed by atoms with Crippen molar-refractivity contribution in [3.63, 3.8) is 0 Å². The fraction of sp³-hybridized carbons (Fsp3) is 0.475. The largest absolute Gasteiger partial charge is 0.349 e. The van der Waals surface area contributed by atoms with Crippen LogP contribution >= 0.6 is 34.0 Å². The normalized spacial score (nSPS) is 16.3. The number of rotatable bonds is 7. The molecule has 0 spiro atoms. The number of hydrogen-bond donors (Lipinski definition) is 3. The molecule has 4 aliphatic rings. The minimum Gasteiger partial charge on any atom is -0.349 e. The van der Waals surface area contributed by atoms with Gasteiger partial charge in [-0.15, -0.1) is 49.3 Å². The standard InChI is InChI=1S/C15H17N3OS.C13H15N3OS.C12H13N3OS/c1-7-8(2)17-18-15-11(7)12(9-3-4-9)13(20-15)14(19)16-10-5-6-10;1-6-8(3)15-16-13-10(6)7(2)11(18-13)12(17)14-9-4-5-9;1-6-7(2)14-15-12-9(6)5-10(17-12)11(16)13-8-3-4-8/h9-10H,3-6H2,1-2H3,(H,16,19);9H,4-5H2,1-3H3,(H,14,17);5,8H,3-4H2,1-2H3,(H,13,16). The minimum absolute atomic E-state index is 0.0209. The molecule has 0 bridgehead atoms. The fourth-order valence-electron chi connectivity index (χ4n) is 6.44. The SMILES string of the molecule is Cc1nnc2sc(C(=O)NC3CC3)c(C)c2c1C.Cc1nnc2sc(C(=O)NC3CC3)c(C3CC3)c2c1C.Cc1nnc2sc(C(=O)NC3CC3)cc2c1C. The molecule has 6 aromatic rings. The molecule has 0 aromatic carbocycles. The number of aryl methyl sites for hydroxylation is 7. The summed E-state index contributed by atoms with van der Waals surface area (Å²) in [6.07, 6.45) is 9.04. The molecule has 286 valence electrons. The average molecular weight is 796 g/mol. The van der Waals surface area contributed by atoms with E-state index in [4.69, 9.17) is 0 Å². The Morgan fingerprint density at radius 3 is 1.51 bits per heavy atom. The van der Waals surface area contributed by atoms with E-state index in [0.29, 0.717) is 24.0 Å². The summed E-state index contributed by atoms with van der Waals surface area (Å²) in [6, 6.07) is 3.10. The van der Waals surface area contributed by atoms with Gasteiger partial charge in [-0.2, -0.15) is 15.3 Å². The van der Waals surface area contributed by atoms with Gasteiger partial charge in [0.05, 0.1) is 31.7 Å². The molecule has 3 N–H and O–H groups in total. The number of fused-ring (bicyclic) bond motifs is 3. The lowest BCUT2D eigenvalue weighted by molar-refractivity contribution is 0.0946. The van der Waals surface area contributed by atoms with Crippen LogP contribution in [0.4, 0.5) is 0 Å². The Morgan fingerprint density at radius 2 is 0.964 bits per heavy atom. The number of nitrogens with one attached hydrogen (secondary N) is 3. The van der Waals surface area contributed by atoms with Crippen molar-refractivity contribution in [3.05, 3.63) is 65.6 Å². The van der Waals surface area contributed by atoms with Crippen LogP contribution in [0, 0.1) is 48.5 Å². The number of hydrogen-bond acceptors (Lipinski definition) is 12. The van der Waals surface area contributed by atoms with Gasteiger partial charge in [-0.3, -0.25) is 14.4 Å². The molecule has 0 saturated heterocycles. The predicted octanol–water partition coefficient (Wildman–Crippen LogP) is 7.79. The smallest absolute Gasteiger partial charge is 0.261 e. The first-order valence-electron chi connectivity index (χ1n) is 19.0. The second-order valence-corrected chi connectivity index (χ2v) is 18.4. The first kappa shape index (κ1) is 37.5. The minimum atomic E-state index is 0.0209. The van der Waals surface area contributed by atoms with Crippen LogP contribution in [0.25, 0.3) is 30.6 Å². The molecule has 0 unspecified atom stereocenters. The Labute approximate surface area is 331 Å². The molecule has 4 aliphatic carbocycles. The highest BCUT2D eigenvalue weighted by molar-refractivity contribution is 7.21. The maximum atomic E-state index is 12.5. The molecule has 6 heterocycles. The van der Waals surface area contributed by atoms with Gasteiger partial charge in [0.1, 0.15) is 14.5 Å². The molecule has 6 aromatic heterocycles. The van der Waals surface area contributed by atoms with E-state index in [1.807, 2.05) is 47.6 Å². The molecule has 12 nitrogen and oxygen atoms in total. The monoisotopic (exact) mass is 795 g/mol. The van der Waals surface area contributed by atoms with Crippen molar-refractivity contribution in [2.75, 3.05) is 0 Å². The summed E-state index contributed by atoms with van der Waals surface area (Å²) in [4.78, 5) is 41.5. The van der Waals surface area contributed by atoms with Gasteiger partial charge < -0.3 is 16.0 Å². The number of carbonyl (C=O) groups is 3.